The summed E-state index contributed by atoms with van der Waals surface area (Å²) in [7, 11) is 0. The van der Waals surface area contributed by atoms with Crippen LogP contribution in [0.5, 0.6) is 0 Å². The van der Waals surface area contributed by atoms with Crippen LogP contribution in [0.3, 0.4) is 0 Å². The Bertz CT molecular complexity index is 546. The van der Waals surface area contributed by atoms with Crippen LogP contribution in [0.15, 0.2) is 17.1 Å². The molecule has 6 heteroatoms. The normalized spacial score (nSPS) is 9.12. The van der Waals surface area contributed by atoms with Crippen molar-refractivity contribution < 1.29 is 4.79 Å². The molecule has 0 radical (unpaired) electrons. The fraction of sp³-hybridized carbons (Fsp3) is 0.273. The molecule has 1 amide bonds. The van der Waals surface area contributed by atoms with Gasteiger partial charge in [-0.1, -0.05) is 0 Å². The third kappa shape index (κ3) is 2.93. The summed E-state index contributed by atoms with van der Waals surface area (Å²) in [6.45, 7) is 1.25. The number of carbonyl (C=O) groups is 1. The molecule has 17 heavy (non-hydrogen) atoms. The Morgan fingerprint density at radius 3 is 2.47 bits per heavy atom. The zero-order valence-electron chi connectivity index (χ0n) is 9.23. The Balaban J connectivity index is 3.07. The highest BCUT2D eigenvalue weighted by molar-refractivity contribution is 5.94. The van der Waals surface area contributed by atoms with Gasteiger partial charge < -0.3 is 9.88 Å². The second kappa shape index (κ2) is 5.47. The first-order chi connectivity index (χ1) is 8.10. The molecule has 0 aliphatic carbocycles. The van der Waals surface area contributed by atoms with Gasteiger partial charge >= 0.3 is 0 Å². The largest absolute Gasteiger partial charge is 0.364 e. The number of hydrogen-bond donors (Lipinski definition) is 1. The molecule has 1 aromatic rings. The van der Waals surface area contributed by atoms with Crippen molar-refractivity contribution in [2.45, 2.75) is 6.92 Å². The lowest BCUT2D eigenvalue weighted by molar-refractivity contribution is 0.0793. The molecule has 0 bridgehead atoms. The number of H-pyrrole nitrogens is 1. The number of aryl methyl sites for hydroxylation is 1. The number of pyridine rings is 1. The van der Waals surface area contributed by atoms with Crippen LogP contribution in [-0.4, -0.2) is 28.9 Å². The van der Waals surface area contributed by atoms with Crippen molar-refractivity contribution in [2.75, 3.05) is 13.1 Å². The molecule has 0 saturated heterocycles. The molecule has 0 saturated carbocycles. The monoisotopic (exact) mass is 230 g/mol. The average Bonchev–Trinajstić information content (AvgIpc) is 2.28. The van der Waals surface area contributed by atoms with Gasteiger partial charge in [0, 0.05) is 18.0 Å². The third-order valence-corrected chi connectivity index (χ3v) is 2.10. The Morgan fingerprint density at radius 1 is 1.41 bits per heavy atom. The van der Waals surface area contributed by atoms with E-state index < -0.39 is 11.3 Å². The maximum absolute atomic E-state index is 11.9. The van der Waals surface area contributed by atoms with Crippen molar-refractivity contribution in [1.82, 2.24) is 9.88 Å². The quantitative estimate of drug-likeness (QED) is 0.748. The van der Waals surface area contributed by atoms with Gasteiger partial charge in [-0.2, -0.15) is 10.5 Å². The van der Waals surface area contributed by atoms with Gasteiger partial charge in [-0.15, -0.1) is 0 Å². The van der Waals surface area contributed by atoms with Gasteiger partial charge in [0.05, 0.1) is 12.1 Å². The maximum Gasteiger partial charge on any atom is 0.261 e. The number of nitrogens with zero attached hydrogens (tertiary/aromatic N) is 3. The number of rotatable bonds is 3. The first-order valence-corrected chi connectivity index (χ1v) is 4.82. The van der Waals surface area contributed by atoms with E-state index in [1.165, 1.54) is 12.3 Å². The number of hydrogen-bond acceptors (Lipinski definition) is 4. The first-order valence-electron chi connectivity index (χ1n) is 4.82. The molecular weight excluding hydrogens is 220 g/mol. The van der Waals surface area contributed by atoms with Crippen LogP contribution in [0, 0.1) is 29.6 Å². The minimum absolute atomic E-state index is 0.0684. The number of nitrogens with one attached hydrogen (secondary N) is 1. The summed E-state index contributed by atoms with van der Waals surface area (Å²) in [4.78, 5) is 27.2. The molecule has 1 rings (SSSR count). The maximum atomic E-state index is 11.9. The van der Waals surface area contributed by atoms with Crippen LogP contribution in [0.1, 0.15) is 16.1 Å². The van der Waals surface area contributed by atoms with Crippen molar-refractivity contribution >= 4 is 5.91 Å². The van der Waals surface area contributed by atoms with Crippen molar-refractivity contribution in [3.8, 4) is 12.1 Å². The van der Waals surface area contributed by atoms with Crippen molar-refractivity contribution in [3.63, 3.8) is 0 Å². The van der Waals surface area contributed by atoms with Gasteiger partial charge in [0.15, 0.2) is 5.43 Å². The van der Waals surface area contributed by atoms with Gasteiger partial charge in [0.25, 0.3) is 5.91 Å². The van der Waals surface area contributed by atoms with E-state index in [9.17, 15) is 9.59 Å². The molecule has 0 unspecified atom stereocenters. The van der Waals surface area contributed by atoms with Crippen molar-refractivity contribution in [1.29, 1.82) is 10.5 Å². The molecule has 0 aliphatic rings. The Labute approximate surface area is 97.7 Å². The fourth-order valence-electron chi connectivity index (χ4n) is 1.28. The fourth-order valence-corrected chi connectivity index (χ4v) is 1.28. The second-order valence-corrected chi connectivity index (χ2v) is 3.37. The van der Waals surface area contributed by atoms with E-state index in [2.05, 4.69) is 4.98 Å². The number of amides is 1. The highest BCUT2D eigenvalue weighted by Gasteiger charge is 2.17. The van der Waals surface area contributed by atoms with Crippen LogP contribution in [0.25, 0.3) is 0 Å². The standard InChI is InChI=1S/C11H10N4O2/c1-8-6-10(16)9(7-14-8)11(17)15(4-2-12)5-3-13/h6-7H,4-5H2,1H3,(H,14,16). The summed E-state index contributed by atoms with van der Waals surface area (Å²) < 4.78 is 0. The first kappa shape index (κ1) is 12.5. The van der Waals surface area contributed by atoms with E-state index in [1.807, 2.05) is 0 Å². The summed E-state index contributed by atoms with van der Waals surface area (Å²) in [5.74, 6) is -0.616. The van der Waals surface area contributed by atoms with E-state index in [-0.39, 0.29) is 18.7 Å². The molecular formula is C11H10N4O2. The Kier molecular flexibility index (Phi) is 4.02. The lowest BCUT2D eigenvalue weighted by Gasteiger charge is -2.15. The summed E-state index contributed by atoms with van der Waals surface area (Å²) in [5, 5.41) is 17.1. The zero-order chi connectivity index (χ0) is 12.8. The van der Waals surface area contributed by atoms with E-state index >= 15 is 0 Å². The average molecular weight is 230 g/mol. The highest BCUT2D eigenvalue weighted by atomic mass is 16.2. The SMILES string of the molecule is Cc1cc(=O)c(C(=O)N(CC#N)CC#N)c[nH]1. The van der Waals surface area contributed by atoms with E-state index in [4.69, 9.17) is 10.5 Å². The molecule has 0 aromatic carbocycles. The predicted molar refractivity (Wildman–Crippen MR) is 58.9 cm³/mol. The van der Waals surface area contributed by atoms with Crippen molar-refractivity contribution in [3.05, 3.63) is 33.7 Å². The smallest absolute Gasteiger partial charge is 0.261 e. The summed E-state index contributed by atoms with van der Waals surface area (Å²) in [6.07, 6.45) is 1.29. The van der Waals surface area contributed by atoms with Crippen LogP contribution >= 0.6 is 0 Å². The third-order valence-electron chi connectivity index (χ3n) is 2.10. The van der Waals surface area contributed by atoms with Gasteiger partial charge in [-0.05, 0) is 6.92 Å². The Hall–Kier alpha value is -2.60. The van der Waals surface area contributed by atoms with Crippen LogP contribution in [0.4, 0.5) is 0 Å². The predicted octanol–water partition coefficient (Wildman–Crippen LogP) is 0.173. The molecule has 1 N–H and O–H groups in total. The number of nitriles is 2. The van der Waals surface area contributed by atoms with Gasteiger partial charge in [-0.25, -0.2) is 0 Å². The van der Waals surface area contributed by atoms with Gasteiger partial charge in [-0.3, -0.25) is 9.59 Å². The highest BCUT2D eigenvalue weighted by Crippen LogP contribution is 1.99. The van der Waals surface area contributed by atoms with Crippen LogP contribution < -0.4 is 5.43 Å². The molecule has 0 spiro atoms. The second-order valence-electron chi connectivity index (χ2n) is 3.37. The van der Waals surface area contributed by atoms with E-state index in [0.29, 0.717) is 5.69 Å². The summed E-state index contributed by atoms with van der Waals surface area (Å²) in [6, 6.07) is 4.85. The molecule has 0 atom stereocenters. The van der Waals surface area contributed by atoms with Gasteiger partial charge in [0.1, 0.15) is 18.7 Å². The Morgan fingerprint density at radius 2 is 2.00 bits per heavy atom. The van der Waals surface area contributed by atoms with E-state index in [1.54, 1.807) is 19.1 Å². The lowest BCUT2D eigenvalue weighted by atomic mass is 10.2. The number of aromatic amines is 1. The summed E-state index contributed by atoms with van der Waals surface area (Å²) in [5.41, 5.74) is 0.145. The molecule has 1 heterocycles. The number of aromatic nitrogens is 1. The van der Waals surface area contributed by atoms with Gasteiger partial charge in [0.2, 0.25) is 0 Å². The molecule has 6 nitrogen and oxygen atoms in total. The van der Waals surface area contributed by atoms with Crippen LogP contribution in [-0.2, 0) is 0 Å². The minimum atomic E-state index is -0.616. The molecule has 1 aromatic heterocycles. The summed E-state index contributed by atoms with van der Waals surface area (Å²) >= 11 is 0. The lowest BCUT2D eigenvalue weighted by Crippen LogP contribution is -2.35. The van der Waals surface area contributed by atoms with Crippen molar-refractivity contribution in [2.24, 2.45) is 0 Å². The molecule has 0 fully saturated rings. The topological polar surface area (TPSA) is 101 Å². The minimum Gasteiger partial charge on any atom is -0.364 e. The zero-order valence-corrected chi connectivity index (χ0v) is 9.23. The number of carbonyl (C=O) groups excluding carboxylic acids is 1. The molecule has 0 aliphatic heterocycles. The molecule has 86 valence electrons. The van der Waals surface area contributed by atoms with Crippen LogP contribution in [0.2, 0.25) is 0 Å². The van der Waals surface area contributed by atoms with E-state index in [0.717, 1.165) is 4.90 Å².